The van der Waals surface area contributed by atoms with Crippen molar-refractivity contribution in [3.05, 3.63) is 39.9 Å². The molecule has 0 aliphatic carbocycles. The molecule has 1 aromatic carbocycles. The normalized spacial score (nSPS) is 11.4. The summed E-state index contributed by atoms with van der Waals surface area (Å²) in [6, 6.07) is 6.56. The largest absolute Gasteiger partial charge is 0.315 e. The van der Waals surface area contributed by atoms with Gasteiger partial charge in [0.25, 0.3) is 5.69 Å². The average molecular weight is 286 g/mol. The van der Waals surface area contributed by atoms with Crippen LogP contribution in [-0.2, 0) is 16.3 Å². The number of nitro benzene ring substituents is 1. The summed E-state index contributed by atoms with van der Waals surface area (Å²) in [6.45, 7) is 2.50. The van der Waals surface area contributed by atoms with Gasteiger partial charge in [0, 0.05) is 23.9 Å². The van der Waals surface area contributed by atoms with E-state index in [0.717, 1.165) is 0 Å². The van der Waals surface area contributed by atoms with E-state index in [0.29, 0.717) is 25.1 Å². The second-order valence-corrected chi connectivity index (χ2v) is 6.59. The number of nitrogens with one attached hydrogen (secondary N) is 1. The highest BCUT2D eigenvalue weighted by molar-refractivity contribution is 7.91. The van der Waals surface area contributed by atoms with Crippen molar-refractivity contribution in [3.63, 3.8) is 0 Å². The van der Waals surface area contributed by atoms with Gasteiger partial charge in [-0.2, -0.15) is 0 Å². The van der Waals surface area contributed by atoms with Crippen LogP contribution in [0.3, 0.4) is 0 Å². The minimum atomic E-state index is -2.96. The van der Waals surface area contributed by atoms with Gasteiger partial charge in [0.05, 0.1) is 10.7 Å². The molecule has 0 atom stereocenters. The summed E-state index contributed by atoms with van der Waals surface area (Å²) in [5.41, 5.74) is 0.754. The zero-order valence-electron chi connectivity index (χ0n) is 10.8. The fourth-order valence-corrected chi connectivity index (χ4v) is 2.36. The molecule has 0 bridgehead atoms. The van der Waals surface area contributed by atoms with E-state index in [2.05, 4.69) is 5.32 Å². The van der Waals surface area contributed by atoms with E-state index in [1.807, 2.05) is 0 Å². The van der Waals surface area contributed by atoms with Gasteiger partial charge in [0.15, 0.2) is 9.84 Å². The summed E-state index contributed by atoms with van der Waals surface area (Å²) >= 11 is 0. The first-order chi connectivity index (χ1) is 8.96. The number of benzene rings is 1. The summed E-state index contributed by atoms with van der Waals surface area (Å²) in [5.74, 6) is 0.235. The van der Waals surface area contributed by atoms with Crippen LogP contribution in [0, 0.1) is 10.1 Å². The van der Waals surface area contributed by atoms with Crippen LogP contribution >= 0.6 is 0 Å². The SMILES string of the molecule is CCS(=O)(=O)CCNCCc1ccccc1[N+](=O)[O-]. The minimum Gasteiger partial charge on any atom is -0.315 e. The number of nitro groups is 1. The second-order valence-electron chi connectivity index (χ2n) is 4.12. The number of rotatable bonds is 8. The summed E-state index contributed by atoms with van der Waals surface area (Å²) in [7, 11) is -2.96. The minimum absolute atomic E-state index is 0.0976. The van der Waals surface area contributed by atoms with Crippen molar-refractivity contribution in [1.82, 2.24) is 5.32 Å². The lowest BCUT2D eigenvalue weighted by atomic mass is 10.1. The quantitative estimate of drug-likeness (QED) is 0.440. The van der Waals surface area contributed by atoms with Crippen LogP contribution in [0.4, 0.5) is 5.69 Å². The lowest BCUT2D eigenvalue weighted by Crippen LogP contribution is -2.25. The van der Waals surface area contributed by atoms with Gasteiger partial charge < -0.3 is 5.32 Å². The average Bonchev–Trinajstić information content (AvgIpc) is 2.38. The van der Waals surface area contributed by atoms with E-state index >= 15 is 0 Å². The molecule has 0 fully saturated rings. The fourth-order valence-electron chi connectivity index (χ4n) is 1.62. The first-order valence-corrected chi connectivity index (χ1v) is 7.92. The monoisotopic (exact) mass is 286 g/mol. The van der Waals surface area contributed by atoms with Crippen LogP contribution in [0.15, 0.2) is 24.3 Å². The van der Waals surface area contributed by atoms with E-state index in [9.17, 15) is 18.5 Å². The Morgan fingerprint density at radius 3 is 2.58 bits per heavy atom. The van der Waals surface area contributed by atoms with E-state index < -0.39 is 14.8 Å². The van der Waals surface area contributed by atoms with Crippen LogP contribution < -0.4 is 5.32 Å². The molecule has 0 aromatic heterocycles. The highest BCUT2D eigenvalue weighted by atomic mass is 32.2. The van der Waals surface area contributed by atoms with Crippen LogP contribution in [-0.4, -0.2) is 37.9 Å². The Labute approximate surface area is 112 Å². The molecule has 0 saturated carbocycles. The molecule has 0 aliphatic rings. The van der Waals surface area contributed by atoms with Crippen molar-refractivity contribution in [2.45, 2.75) is 13.3 Å². The third-order valence-electron chi connectivity index (χ3n) is 2.79. The van der Waals surface area contributed by atoms with Gasteiger partial charge >= 0.3 is 0 Å². The van der Waals surface area contributed by atoms with Crippen molar-refractivity contribution < 1.29 is 13.3 Å². The maximum atomic E-state index is 11.2. The van der Waals surface area contributed by atoms with Gasteiger partial charge in [-0.25, -0.2) is 8.42 Å². The third kappa shape index (κ3) is 5.35. The molecule has 0 heterocycles. The number of para-hydroxylation sites is 1. The Kier molecular flexibility index (Phi) is 5.91. The number of nitrogens with zero attached hydrogens (tertiary/aromatic N) is 1. The molecule has 1 rings (SSSR count). The second kappa shape index (κ2) is 7.20. The van der Waals surface area contributed by atoms with Gasteiger partial charge in [-0.05, 0) is 13.0 Å². The summed E-state index contributed by atoms with van der Waals surface area (Å²) in [5, 5.41) is 13.8. The van der Waals surface area contributed by atoms with Gasteiger partial charge in [-0.15, -0.1) is 0 Å². The van der Waals surface area contributed by atoms with Gasteiger partial charge in [-0.3, -0.25) is 10.1 Å². The van der Waals surface area contributed by atoms with Gasteiger partial charge in [0.2, 0.25) is 0 Å². The smallest absolute Gasteiger partial charge is 0.272 e. The summed E-state index contributed by atoms with van der Waals surface area (Å²) in [6.07, 6.45) is 0.503. The van der Waals surface area contributed by atoms with Crippen molar-refractivity contribution in [3.8, 4) is 0 Å². The molecule has 1 N–H and O–H groups in total. The Morgan fingerprint density at radius 1 is 1.26 bits per heavy atom. The molecule has 1 aromatic rings. The highest BCUT2D eigenvalue weighted by Gasteiger charge is 2.11. The zero-order chi connectivity index (χ0) is 14.3. The Bertz CT molecular complexity index is 528. The van der Waals surface area contributed by atoms with E-state index in [1.54, 1.807) is 25.1 Å². The molecule has 0 unspecified atom stereocenters. The molecule has 6 nitrogen and oxygen atoms in total. The molecule has 7 heteroatoms. The Hall–Kier alpha value is -1.47. The van der Waals surface area contributed by atoms with Crippen molar-refractivity contribution in [2.24, 2.45) is 0 Å². The van der Waals surface area contributed by atoms with Crippen LogP contribution in [0.1, 0.15) is 12.5 Å². The van der Waals surface area contributed by atoms with Crippen molar-refractivity contribution in [1.29, 1.82) is 0 Å². The molecule has 0 amide bonds. The fraction of sp³-hybridized carbons (Fsp3) is 0.500. The zero-order valence-corrected chi connectivity index (χ0v) is 11.6. The summed E-state index contributed by atoms with van der Waals surface area (Å²) < 4.78 is 22.5. The van der Waals surface area contributed by atoms with Crippen LogP contribution in [0.2, 0.25) is 0 Å². The lowest BCUT2D eigenvalue weighted by molar-refractivity contribution is -0.385. The Morgan fingerprint density at radius 2 is 1.95 bits per heavy atom. The number of hydrogen-bond acceptors (Lipinski definition) is 5. The summed E-state index contributed by atoms with van der Waals surface area (Å²) in [4.78, 5) is 10.4. The van der Waals surface area contributed by atoms with E-state index in [-0.39, 0.29) is 17.2 Å². The number of sulfone groups is 1. The maximum absolute atomic E-state index is 11.2. The Balaban J connectivity index is 2.40. The van der Waals surface area contributed by atoms with Crippen molar-refractivity contribution in [2.75, 3.05) is 24.6 Å². The predicted octanol–water partition coefficient (Wildman–Crippen LogP) is 1.16. The highest BCUT2D eigenvalue weighted by Crippen LogP contribution is 2.17. The first-order valence-electron chi connectivity index (χ1n) is 6.09. The standard InChI is InChI=1S/C12H18N2O4S/c1-2-19(17,18)10-9-13-8-7-11-5-3-4-6-12(11)14(15)16/h3-6,13H,2,7-10H2,1H3. The van der Waals surface area contributed by atoms with Gasteiger partial charge in [0.1, 0.15) is 0 Å². The third-order valence-corrected chi connectivity index (χ3v) is 4.49. The van der Waals surface area contributed by atoms with Crippen molar-refractivity contribution >= 4 is 15.5 Å². The van der Waals surface area contributed by atoms with Crippen LogP contribution in [0.5, 0.6) is 0 Å². The predicted molar refractivity (Wildman–Crippen MR) is 74.0 cm³/mol. The molecular formula is C12H18N2O4S. The molecule has 0 aliphatic heterocycles. The first kappa shape index (κ1) is 15.6. The molecule has 106 valence electrons. The lowest BCUT2D eigenvalue weighted by Gasteiger charge is -2.05. The molecule has 0 radical (unpaired) electrons. The maximum Gasteiger partial charge on any atom is 0.272 e. The molecule has 0 spiro atoms. The topological polar surface area (TPSA) is 89.3 Å². The van der Waals surface area contributed by atoms with Gasteiger partial charge in [-0.1, -0.05) is 25.1 Å². The van der Waals surface area contributed by atoms with E-state index in [1.165, 1.54) is 6.07 Å². The van der Waals surface area contributed by atoms with Crippen LogP contribution in [0.25, 0.3) is 0 Å². The van der Waals surface area contributed by atoms with E-state index in [4.69, 9.17) is 0 Å². The number of hydrogen-bond donors (Lipinski definition) is 1. The molecular weight excluding hydrogens is 268 g/mol. The molecule has 0 saturated heterocycles. The molecule has 19 heavy (non-hydrogen) atoms.